The average Bonchev–Trinajstić information content (AvgIpc) is 3.51. The molecule has 3 rings (SSSR count). The summed E-state index contributed by atoms with van der Waals surface area (Å²) in [4.78, 5) is 0. The van der Waals surface area contributed by atoms with E-state index in [4.69, 9.17) is 0 Å². The Bertz CT molecular complexity index is 912. The van der Waals surface area contributed by atoms with E-state index in [0.717, 1.165) is 5.92 Å². The van der Waals surface area contributed by atoms with Crippen LogP contribution in [0.2, 0.25) is 13.3 Å². The quantitative estimate of drug-likeness (QED) is 0.149. The number of nitrogens with zero attached hydrogens (tertiary/aromatic N) is 1. The van der Waals surface area contributed by atoms with E-state index >= 15 is 0 Å². The van der Waals surface area contributed by atoms with Crippen LogP contribution in [0.3, 0.4) is 0 Å². The minimum atomic E-state index is -2.37. The maximum absolute atomic E-state index is 2.75. The monoisotopic (exact) mass is 581 g/mol. The fraction of sp³-hybridized carbons (Fsp3) is 0.714. The number of thiophene rings is 2. The van der Waals surface area contributed by atoms with Crippen molar-refractivity contribution < 1.29 is 0 Å². The van der Waals surface area contributed by atoms with E-state index in [2.05, 4.69) is 68.0 Å². The Morgan fingerprint density at radius 3 is 2.00 bits per heavy atom. The van der Waals surface area contributed by atoms with Gasteiger partial charge in [0.2, 0.25) is 0 Å². The SMILES string of the molecule is CCCCC(CC)Cn1c2ccsc2c2s[c]([Sn]([CH2]CCC)([CH2]CCC)[CH2]CCC)cc21. The van der Waals surface area contributed by atoms with Crippen molar-refractivity contribution in [3.05, 3.63) is 17.5 Å². The van der Waals surface area contributed by atoms with Crippen molar-refractivity contribution in [2.24, 2.45) is 5.92 Å². The normalized spacial score (nSPS) is 13.5. The zero-order valence-electron chi connectivity index (χ0n) is 21.5. The zero-order chi connectivity index (χ0) is 23.0. The van der Waals surface area contributed by atoms with E-state index in [-0.39, 0.29) is 0 Å². The molecular formula is C28H47NS2Sn. The molecule has 0 amide bonds. The van der Waals surface area contributed by atoms with Crippen molar-refractivity contribution in [3.8, 4) is 0 Å². The molecule has 0 saturated carbocycles. The number of rotatable bonds is 16. The van der Waals surface area contributed by atoms with Crippen molar-refractivity contribution in [1.29, 1.82) is 0 Å². The summed E-state index contributed by atoms with van der Waals surface area (Å²) in [7, 11) is 0. The molecule has 0 N–H and O–H groups in total. The average molecular weight is 581 g/mol. The summed E-state index contributed by atoms with van der Waals surface area (Å²) in [5, 5.41) is 2.33. The van der Waals surface area contributed by atoms with Gasteiger partial charge in [0.25, 0.3) is 0 Å². The van der Waals surface area contributed by atoms with Gasteiger partial charge in [-0.3, -0.25) is 0 Å². The Kier molecular flexibility index (Phi) is 11.0. The third-order valence-electron chi connectivity index (χ3n) is 7.68. The number of hydrogen-bond donors (Lipinski definition) is 0. The maximum atomic E-state index is 2.75. The van der Waals surface area contributed by atoms with Gasteiger partial charge >= 0.3 is 211 Å². The Labute approximate surface area is 209 Å². The first kappa shape index (κ1) is 26.6. The van der Waals surface area contributed by atoms with Gasteiger partial charge in [0.1, 0.15) is 0 Å². The predicted octanol–water partition coefficient (Wildman–Crippen LogP) is 10.2. The number of hydrogen-bond acceptors (Lipinski definition) is 2. The molecule has 1 unspecified atom stereocenters. The molecule has 0 aliphatic carbocycles. The fourth-order valence-electron chi connectivity index (χ4n) is 5.48. The van der Waals surface area contributed by atoms with Crippen molar-refractivity contribution >= 4 is 64.4 Å². The van der Waals surface area contributed by atoms with E-state index in [1.807, 2.05) is 14.2 Å². The molecule has 0 aliphatic heterocycles. The van der Waals surface area contributed by atoms with Crippen LogP contribution in [0, 0.1) is 5.92 Å². The molecule has 0 aromatic carbocycles. The molecular weight excluding hydrogens is 533 g/mol. The molecule has 0 fully saturated rings. The second-order valence-corrected chi connectivity index (χ2v) is 26.2. The van der Waals surface area contributed by atoms with Gasteiger partial charge < -0.3 is 0 Å². The van der Waals surface area contributed by atoms with E-state index in [1.54, 1.807) is 28.2 Å². The van der Waals surface area contributed by atoms with Gasteiger partial charge in [-0.1, -0.05) is 0 Å². The van der Waals surface area contributed by atoms with Gasteiger partial charge in [0, 0.05) is 0 Å². The van der Waals surface area contributed by atoms with Crippen LogP contribution in [0.25, 0.3) is 20.4 Å². The zero-order valence-corrected chi connectivity index (χ0v) is 26.0. The summed E-state index contributed by atoms with van der Waals surface area (Å²) >= 11 is 1.86. The summed E-state index contributed by atoms with van der Waals surface area (Å²) in [5.74, 6) is 0.811. The first-order valence-electron chi connectivity index (χ1n) is 13.6. The molecule has 180 valence electrons. The standard InChI is InChI=1S/C16H20NS2.3C4H9.Sn/c1-3-5-6-12(4-2)11-17-13-7-9-18-15(13)16-14(17)8-10-19-16;3*1-3-4-2;/h7-9,12H,3-6,11H2,1-2H3;3*1,3-4H2,2H3;. The van der Waals surface area contributed by atoms with E-state index < -0.39 is 18.4 Å². The van der Waals surface area contributed by atoms with Gasteiger partial charge in [-0.2, -0.15) is 0 Å². The molecule has 1 nitrogen and oxygen atoms in total. The van der Waals surface area contributed by atoms with Crippen molar-refractivity contribution in [1.82, 2.24) is 4.57 Å². The van der Waals surface area contributed by atoms with Crippen molar-refractivity contribution in [3.63, 3.8) is 0 Å². The molecule has 4 heteroatoms. The van der Waals surface area contributed by atoms with Crippen LogP contribution in [0.1, 0.15) is 98.8 Å². The van der Waals surface area contributed by atoms with Gasteiger partial charge in [0.05, 0.1) is 0 Å². The second kappa shape index (κ2) is 13.2. The molecule has 3 aromatic heterocycles. The Morgan fingerprint density at radius 2 is 1.44 bits per heavy atom. The predicted molar refractivity (Wildman–Crippen MR) is 153 cm³/mol. The van der Waals surface area contributed by atoms with Gasteiger partial charge in [-0.15, -0.1) is 0 Å². The summed E-state index contributed by atoms with van der Waals surface area (Å²) in [6, 6.07) is 5.14. The molecule has 0 aliphatic rings. The second-order valence-electron chi connectivity index (χ2n) is 10.1. The van der Waals surface area contributed by atoms with Gasteiger partial charge in [-0.25, -0.2) is 0 Å². The Balaban J connectivity index is 2.06. The molecule has 3 heterocycles. The summed E-state index contributed by atoms with van der Waals surface area (Å²) < 4.78 is 12.6. The first-order valence-corrected chi connectivity index (χ1v) is 22.8. The summed E-state index contributed by atoms with van der Waals surface area (Å²) in [6.45, 7) is 13.1. The molecule has 32 heavy (non-hydrogen) atoms. The van der Waals surface area contributed by atoms with Crippen LogP contribution in [0.5, 0.6) is 0 Å². The van der Waals surface area contributed by atoms with Crippen LogP contribution in [-0.2, 0) is 6.54 Å². The molecule has 0 spiro atoms. The molecule has 0 saturated heterocycles. The van der Waals surface area contributed by atoms with Crippen molar-refractivity contribution in [2.45, 2.75) is 119 Å². The van der Waals surface area contributed by atoms with E-state index in [0.29, 0.717) is 0 Å². The number of fused-ring (bicyclic) bond motifs is 3. The van der Waals surface area contributed by atoms with Crippen LogP contribution in [0.4, 0.5) is 0 Å². The molecule has 1 atom stereocenters. The van der Waals surface area contributed by atoms with E-state index in [1.165, 1.54) is 76.3 Å². The molecule has 3 aromatic rings. The molecule has 0 bridgehead atoms. The summed E-state index contributed by atoms with van der Waals surface area (Å²) in [5.41, 5.74) is 3.10. The van der Waals surface area contributed by atoms with Crippen LogP contribution >= 0.6 is 22.7 Å². The van der Waals surface area contributed by atoms with Gasteiger partial charge in [0.15, 0.2) is 0 Å². The first-order chi connectivity index (χ1) is 15.6. The topological polar surface area (TPSA) is 4.93 Å². The molecule has 0 radical (unpaired) electrons. The fourth-order valence-corrected chi connectivity index (χ4v) is 26.8. The van der Waals surface area contributed by atoms with Crippen LogP contribution in [-0.4, -0.2) is 22.9 Å². The van der Waals surface area contributed by atoms with Crippen molar-refractivity contribution in [2.75, 3.05) is 0 Å². The van der Waals surface area contributed by atoms with E-state index in [9.17, 15) is 0 Å². The Morgan fingerprint density at radius 1 is 0.812 bits per heavy atom. The van der Waals surface area contributed by atoms with Crippen LogP contribution in [0.15, 0.2) is 17.5 Å². The minimum absolute atomic E-state index is 0.811. The number of unbranched alkanes of at least 4 members (excludes halogenated alkanes) is 4. The third kappa shape index (κ3) is 5.97. The third-order valence-corrected chi connectivity index (χ3v) is 28.1. The summed E-state index contributed by atoms with van der Waals surface area (Å²) in [6.07, 6.45) is 13.8. The van der Waals surface area contributed by atoms with Gasteiger partial charge in [-0.05, 0) is 0 Å². The Hall–Kier alpha value is -0.00130. The van der Waals surface area contributed by atoms with Crippen LogP contribution < -0.4 is 2.89 Å². The number of aromatic nitrogens is 1.